The van der Waals surface area contributed by atoms with Gasteiger partial charge < -0.3 is 14.9 Å². The number of hydrogen-bond donors (Lipinski definition) is 1. The Morgan fingerprint density at radius 2 is 1.88 bits per heavy atom. The topological polar surface area (TPSA) is 77.0 Å². The first-order chi connectivity index (χ1) is 11.6. The van der Waals surface area contributed by atoms with Crippen LogP contribution < -0.4 is 5.32 Å². The molecule has 0 atom stereocenters. The summed E-state index contributed by atoms with van der Waals surface area (Å²) < 4.78 is 17.9. The summed E-state index contributed by atoms with van der Waals surface area (Å²) >= 11 is 0. The van der Waals surface area contributed by atoms with Crippen molar-refractivity contribution in [2.24, 2.45) is 5.16 Å². The Bertz CT molecular complexity index is 745. The highest BCUT2D eigenvalue weighted by Crippen LogP contribution is 2.10. The van der Waals surface area contributed by atoms with E-state index < -0.39 is 17.7 Å². The maximum atomic E-state index is 13.3. The van der Waals surface area contributed by atoms with E-state index in [1.807, 2.05) is 0 Å². The monoisotopic (exact) mass is 330 g/mol. The largest absolute Gasteiger partial charge is 0.465 e. The summed E-state index contributed by atoms with van der Waals surface area (Å²) in [5.74, 6) is -1.33. The molecule has 0 aromatic heterocycles. The first-order valence-corrected chi connectivity index (χ1v) is 6.98. The minimum Gasteiger partial charge on any atom is -0.465 e. The molecule has 2 aromatic carbocycles. The van der Waals surface area contributed by atoms with Crippen molar-refractivity contribution >= 4 is 23.8 Å². The lowest BCUT2D eigenvalue weighted by Crippen LogP contribution is -2.17. The number of nitrogens with one attached hydrogen (secondary N) is 1. The fourth-order valence-corrected chi connectivity index (χ4v) is 1.77. The van der Waals surface area contributed by atoms with Gasteiger partial charge in [-0.15, -0.1) is 0 Å². The predicted octanol–water partition coefficient (Wildman–Crippen LogP) is 2.60. The summed E-state index contributed by atoms with van der Waals surface area (Å²) in [6.07, 6.45) is 1.19. The first-order valence-electron chi connectivity index (χ1n) is 6.98. The molecule has 0 saturated heterocycles. The molecule has 0 aliphatic carbocycles. The minimum atomic E-state index is -0.460. The van der Waals surface area contributed by atoms with E-state index in [0.29, 0.717) is 11.3 Å². The van der Waals surface area contributed by atoms with Crippen LogP contribution in [0.1, 0.15) is 15.9 Å². The van der Waals surface area contributed by atoms with Gasteiger partial charge in [0.1, 0.15) is 5.82 Å². The molecule has 0 radical (unpaired) electrons. The Hall–Kier alpha value is -3.22. The third-order valence-corrected chi connectivity index (χ3v) is 2.96. The summed E-state index contributed by atoms with van der Waals surface area (Å²) in [5.41, 5.74) is 1.13. The number of anilines is 1. The Kier molecular flexibility index (Phi) is 6.01. The third-order valence-electron chi connectivity index (χ3n) is 2.96. The van der Waals surface area contributed by atoms with Gasteiger partial charge >= 0.3 is 5.97 Å². The number of hydrogen-bond acceptors (Lipinski definition) is 5. The highest BCUT2D eigenvalue weighted by atomic mass is 19.1. The summed E-state index contributed by atoms with van der Waals surface area (Å²) in [7, 11) is 1.29. The van der Waals surface area contributed by atoms with Crippen LogP contribution in [0.2, 0.25) is 0 Å². The summed E-state index contributed by atoms with van der Waals surface area (Å²) in [4.78, 5) is 27.8. The van der Waals surface area contributed by atoms with E-state index in [1.165, 1.54) is 37.6 Å². The quantitative estimate of drug-likeness (QED) is 0.502. The van der Waals surface area contributed by atoms with E-state index in [4.69, 9.17) is 4.84 Å². The Labute approximate surface area is 137 Å². The molecule has 0 saturated carbocycles. The molecule has 0 unspecified atom stereocenters. The number of ether oxygens (including phenoxy) is 1. The van der Waals surface area contributed by atoms with E-state index in [9.17, 15) is 14.0 Å². The molecule has 0 heterocycles. The second-order valence-electron chi connectivity index (χ2n) is 4.65. The Morgan fingerprint density at radius 1 is 1.17 bits per heavy atom. The fourth-order valence-electron chi connectivity index (χ4n) is 1.77. The van der Waals surface area contributed by atoms with Crippen LogP contribution in [-0.2, 0) is 14.4 Å². The lowest BCUT2D eigenvalue weighted by molar-refractivity contribution is -0.120. The number of methoxy groups -OCH3 is 1. The smallest absolute Gasteiger partial charge is 0.337 e. The standard InChI is InChI=1S/C17H15FN2O4/c1-23-17(22)12-6-8-14(9-7-12)20-16(21)11-24-19-10-13-4-2-3-5-15(13)18/h2-10H,11H2,1H3,(H,20,21)/b19-10-. The van der Waals surface area contributed by atoms with Crippen LogP contribution in [0.25, 0.3) is 0 Å². The maximum absolute atomic E-state index is 13.3. The summed E-state index contributed by atoms with van der Waals surface area (Å²) in [6, 6.07) is 12.2. The van der Waals surface area contributed by atoms with Crippen molar-refractivity contribution in [2.75, 3.05) is 19.0 Å². The van der Waals surface area contributed by atoms with Crippen LogP contribution in [0.15, 0.2) is 53.7 Å². The number of esters is 1. The number of oxime groups is 1. The molecule has 0 spiro atoms. The lowest BCUT2D eigenvalue weighted by atomic mass is 10.2. The van der Waals surface area contributed by atoms with Crippen molar-refractivity contribution in [3.63, 3.8) is 0 Å². The number of carbonyl (C=O) groups is 2. The summed E-state index contributed by atoms with van der Waals surface area (Å²) in [6.45, 7) is -0.330. The second kappa shape index (κ2) is 8.42. The van der Waals surface area contributed by atoms with Crippen molar-refractivity contribution in [2.45, 2.75) is 0 Å². The number of carbonyl (C=O) groups excluding carboxylic acids is 2. The van der Waals surface area contributed by atoms with Gasteiger partial charge in [0, 0.05) is 11.3 Å². The molecule has 7 heteroatoms. The van der Waals surface area contributed by atoms with Crippen molar-refractivity contribution < 1.29 is 23.6 Å². The van der Waals surface area contributed by atoms with Crippen LogP contribution in [0, 0.1) is 5.82 Å². The molecule has 0 bridgehead atoms. The average molecular weight is 330 g/mol. The maximum Gasteiger partial charge on any atom is 0.337 e. The van der Waals surface area contributed by atoms with Crippen molar-refractivity contribution in [3.05, 3.63) is 65.5 Å². The molecule has 1 amide bonds. The lowest BCUT2D eigenvalue weighted by Gasteiger charge is -2.05. The molecular weight excluding hydrogens is 315 g/mol. The fraction of sp³-hybridized carbons (Fsp3) is 0.118. The molecule has 2 aromatic rings. The van der Waals surface area contributed by atoms with Gasteiger partial charge in [-0.3, -0.25) is 4.79 Å². The van der Waals surface area contributed by atoms with Gasteiger partial charge in [-0.25, -0.2) is 9.18 Å². The molecule has 0 aliphatic rings. The normalized spacial score (nSPS) is 10.4. The van der Waals surface area contributed by atoms with E-state index in [-0.39, 0.29) is 12.2 Å². The zero-order valence-electron chi connectivity index (χ0n) is 12.9. The Balaban J connectivity index is 1.81. The molecule has 124 valence electrons. The highest BCUT2D eigenvalue weighted by molar-refractivity contribution is 5.93. The van der Waals surface area contributed by atoms with Crippen molar-refractivity contribution in [1.82, 2.24) is 0 Å². The highest BCUT2D eigenvalue weighted by Gasteiger charge is 2.06. The molecule has 1 N–H and O–H groups in total. The van der Waals surface area contributed by atoms with Gasteiger partial charge in [0.25, 0.3) is 5.91 Å². The van der Waals surface area contributed by atoms with Gasteiger partial charge in [0.15, 0.2) is 6.61 Å². The van der Waals surface area contributed by atoms with Gasteiger partial charge in [-0.05, 0) is 30.3 Å². The molecule has 6 nitrogen and oxygen atoms in total. The number of rotatable bonds is 6. The van der Waals surface area contributed by atoms with Crippen LogP contribution >= 0.6 is 0 Å². The molecule has 24 heavy (non-hydrogen) atoms. The van der Waals surface area contributed by atoms with Crippen LogP contribution in [-0.4, -0.2) is 31.8 Å². The zero-order valence-corrected chi connectivity index (χ0v) is 12.9. The molecule has 0 fully saturated rings. The first kappa shape index (κ1) is 17.1. The number of halogens is 1. The Morgan fingerprint density at radius 3 is 2.54 bits per heavy atom. The average Bonchev–Trinajstić information content (AvgIpc) is 2.60. The van der Waals surface area contributed by atoms with E-state index in [2.05, 4.69) is 15.2 Å². The van der Waals surface area contributed by atoms with E-state index in [1.54, 1.807) is 24.3 Å². The molecular formula is C17H15FN2O4. The van der Waals surface area contributed by atoms with Crippen LogP contribution in [0.5, 0.6) is 0 Å². The minimum absolute atomic E-state index is 0.260. The third kappa shape index (κ3) is 4.91. The van der Waals surface area contributed by atoms with E-state index in [0.717, 1.165) is 0 Å². The predicted molar refractivity (Wildman–Crippen MR) is 86.4 cm³/mol. The van der Waals surface area contributed by atoms with Gasteiger partial charge in [-0.1, -0.05) is 23.4 Å². The van der Waals surface area contributed by atoms with E-state index >= 15 is 0 Å². The molecule has 0 aliphatic heterocycles. The van der Waals surface area contributed by atoms with Gasteiger partial charge in [-0.2, -0.15) is 0 Å². The van der Waals surface area contributed by atoms with Crippen molar-refractivity contribution in [3.8, 4) is 0 Å². The number of amides is 1. The molecule has 2 rings (SSSR count). The zero-order chi connectivity index (χ0) is 17.4. The second-order valence-corrected chi connectivity index (χ2v) is 4.65. The van der Waals surface area contributed by atoms with Crippen molar-refractivity contribution in [1.29, 1.82) is 0 Å². The summed E-state index contributed by atoms with van der Waals surface area (Å²) in [5, 5.41) is 6.12. The SMILES string of the molecule is COC(=O)c1ccc(NC(=O)CO/N=C\c2ccccc2F)cc1. The number of nitrogens with zero attached hydrogens (tertiary/aromatic N) is 1. The van der Waals surface area contributed by atoms with Crippen LogP contribution in [0.4, 0.5) is 10.1 Å². The van der Waals surface area contributed by atoms with Gasteiger partial charge in [0.05, 0.1) is 18.9 Å². The van der Waals surface area contributed by atoms with Crippen LogP contribution in [0.3, 0.4) is 0 Å². The number of benzene rings is 2. The van der Waals surface area contributed by atoms with Gasteiger partial charge in [0.2, 0.25) is 0 Å².